The standard InChI is InChI=1S/C12H12ClNO/c13-10-6-2-1-5-9(10)12(14)8-4-3-7-11(12)15/h1-3,5-7H,4,8,14H2/i1D,2D,3D,4D2,5D,6D. The predicted molar refractivity (Wildman–Crippen MR) is 60.7 cm³/mol. The predicted octanol–water partition coefficient (Wildman–Crippen LogP) is 2.41. The van der Waals surface area contributed by atoms with Crippen LogP contribution in [0.1, 0.15) is 28.0 Å². The molecule has 0 saturated carbocycles. The molecular formula is C12H12ClNO. The first kappa shape index (κ1) is 4.81. The van der Waals surface area contributed by atoms with Gasteiger partial charge in [0.1, 0.15) is 5.54 Å². The van der Waals surface area contributed by atoms with Gasteiger partial charge in [-0.2, -0.15) is 0 Å². The van der Waals surface area contributed by atoms with Crippen LogP contribution in [0.15, 0.2) is 36.3 Å². The average Bonchev–Trinajstić information content (AvgIpc) is 2.41. The van der Waals surface area contributed by atoms with Crippen molar-refractivity contribution in [2.24, 2.45) is 5.73 Å². The van der Waals surface area contributed by atoms with Crippen LogP contribution >= 0.6 is 11.6 Å². The van der Waals surface area contributed by atoms with E-state index in [1.54, 1.807) is 0 Å². The summed E-state index contributed by atoms with van der Waals surface area (Å²) in [6.07, 6.45) is -2.10. The van der Waals surface area contributed by atoms with Gasteiger partial charge in [0.15, 0.2) is 5.78 Å². The van der Waals surface area contributed by atoms with Gasteiger partial charge in [-0.3, -0.25) is 4.79 Å². The fraction of sp³-hybridized carbons (Fsp3) is 0.250. The summed E-state index contributed by atoms with van der Waals surface area (Å²) in [5.74, 6) is -0.820. The van der Waals surface area contributed by atoms with Gasteiger partial charge in [-0.25, -0.2) is 0 Å². The summed E-state index contributed by atoms with van der Waals surface area (Å²) in [4.78, 5) is 12.2. The molecule has 0 amide bonds. The average molecular weight is 229 g/mol. The van der Waals surface area contributed by atoms with Crippen LogP contribution in [-0.4, -0.2) is 5.78 Å². The van der Waals surface area contributed by atoms with Gasteiger partial charge < -0.3 is 5.73 Å². The Balaban J connectivity index is 2.79. The third-order valence-corrected chi connectivity index (χ3v) is 2.48. The SMILES string of the molecule is [2H]C1=CC(=O)C(N)(c2c([2H])c([2H])c([2H])c([2H])c2Cl)CC1([2H])[2H]. The second kappa shape index (κ2) is 3.80. The number of rotatable bonds is 1. The summed E-state index contributed by atoms with van der Waals surface area (Å²) in [5.41, 5.74) is 3.60. The molecule has 1 aromatic carbocycles. The van der Waals surface area contributed by atoms with E-state index in [-0.39, 0.29) is 5.56 Å². The molecular weight excluding hydrogens is 210 g/mol. The Morgan fingerprint density at radius 2 is 2.27 bits per heavy atom. The number of hydrogen-bond acceptors (Lipinski definition) is 2. The van der Waals surface area contributed by atoms with E-state index < -0.39 is 59.4 Å². The third-order valence-electron chi connectivity index (χ3n) is 2.20. The lowest BCUT2D eigenvalue weighted by Gasteiger charge is -2.30. The van der Waals surface area contributed by atoms with Crippen LogP contribution < -0.4 is 5.73 Å². The lowest BCUT2D eigenvalue weighted by Crippen LogP contribution is -2.45. The molecule has 3 heteroatoms. The highest BCUT2D eigenvalue weighted by Crippen LogP contribution is 2.33. The van der Waals surface area contributed by atoms with Crippen LogP contribution in [0.4, 0.5) is 0 Å². The molecule has 78 valence electrons. The van der Waals surface area contributed by atoms with Gasteiger partial charge in [-0.05, 0) is 30.5 Å². The molecule has 0 heterocycles. The van der Waals surface area contributed by atoms with Crippen molar-refractivity contribution in [2.45, 2.75) is 18.3 Å². The number of carbonyl (C=O) groups excluding carboxylic acids is 1. The van der Waals surface area contributed by atoms with Crippen LogP contribution in [-0.2, 0) is 10.3 Å². The molecule has 0 saturated heterocycles. The Morgan fingerprint density at radius 3 is 3.07 bits per heavy atom. The lowest BCUT2D eigenvalue weighted by molar-refractivity contribution is -0.120. The van der Waals surface area contributed by atoms with Gasteiger partial charge in [0, 0.05) is 7.76 Å². The summed E-state index contributed by atoms with van der Waals surface area (Å²) in [7, 11) is 0. The Labute approximate surface area is 104 Å². The van der Waals surface area contributed by atoms with E-state index in [9.17, 15) is 4.79 Å². The van der Waals surface area contributed by atoms with E-state index in [1.807, 2.05) is 0 Å². The maximum Gasteiger partial charge on any atom is 0.179 e. The van der Waals surface area contributed by atoms with Crippen molar-refractivity contribution in [2.75, 3.05) is 0 Å². The molecule has 1 aliphatic rings. The summed E-state index contributed by atoms with van der Waals surface area (Å²) >= 11 is 5.96. The van der Waals surface area contributed by atoms with Crippen molar-refractivity contribution in [3.8, 4) is 0 Å². The monoisotopic (exact) mass is 228 g/mol. The second-order valence-electron chi connectivity index (χ2n) is 3.17. The van der Waals surface area contributed by atoms with E-state index in [0.717, 1.165) is 6.08 Å². The minimum absolute atomic E-state index is 0.349. The molecule has 0 spiro atoms. The highest BCUT2D eigenvalue weighted by molar-refractivity contribution is 6.31. The number of allylic oxidation sites excluding steroid dienone is 1. The van der Waals surface area contributed by atoms with E-state index in [1.165, 1.54) is 0 Å². The first-order chi connectivity index (χ1) is 9.93. The zero-order chi connectivity index (χ0) is 17.0. The van der Waals surface area contributed by atoms with Crippen LogP contribution in [0.25, 0.3) is 0 Å². The lowest BCUT2D eigenvalue weighted by atomic mass is 9.79. The highest BCUT2D eigenvalue weighted by atomic mass is 35.5. The molecule has 0 fully saturated rings. The van der Waals surface area contributed by atoms with Crippen molar-refractivity contribution in [1.82, 2.24) is 0 Å². The Bertz CT molecular complexity index is 689. The molecule has 2 N–H and O–H groups in total. The van der Waals surface area contributed by atoms with Gasteiger partial charge in [-0.15, -0.1) is 0 Å². The molecule has 15 heavy (non-hydrogen) atoms. The molecule has 2 nitrogen and oxygen atoms in total. The third kappa shape index (κ3) is 1.71. The first-order valence-corrected chi connectivity index (χ1v) is 4.59. The maximum atomic E-state index is 12.2. The molecule has 0 aromatic heterocycles. The highest BCUT2D eigenvalue weighted by Gasteiger charge is 2.36. The van der Waals surface area contributed by atoms with Gasteiger partial charge in [0.05, 0.1) is 6.85 Å². The largest absolute Gasteiger partial charge is 0.315 e. The summed E-state index contributed by atoms with van der Waals surface area (Å²) in [6, 6.07) is -2.83. The normalized spacial score (nSPS) is 36.3. The zero-order valence-electron chi connectivity index (χ0n) is 14.6. The minimum Gasteiger partial charge on any atom is -0.315 e. The van der Waals surface area contributed by atoms with Crippen molar-refractivity contribution < 1.29 is 14.4 Å². The van der Waals surface area contributed by atoms with Crippen molar-refractivity contribution in [1.29, 1.82) is 0 Å². The number of carbonyl (C=O) groups is 1. The van der Waals surface area contributed by atoms with Crippen molar-refractivity contribution in [3.63, 3.8) is 0 Å². The molecule has 2 rings (SSSR count). The zero-order valence-corrected chi connectivity index (χ0v) is 8.40. The smallest absolute Gasteiger partial charge is 0.179 e. The van der Waals surface area contributed by atoms with E-state index in [4.69, 9.17) is 26.9 Å². The molecule has 0 bridgehead atoms. The summed E-state index contributed by atoms with van der Waals surface area (Å²) < 4.78 is 53.8. The molecule has 1 unspecified atom stereocenters. The van der Waals surface area contributed by atoms with E-state index >= 15 is 0 Å². The number of benzene rings is 1. The Morgan fingerprint density at radius 1 is 1.53 bits per heavy atom. The van der Waals surface area contributed by atoms with Crippen molar-refractivity contribution >= 4 is 17.4 Å². The quantitative estimate of drug-likeness (QED) is 0.802. The van der Waals surface area contributed by atoms with Gasteiger partial charge in [0.25, 0.3) is 0 Å². The molecule has 1 aliphatic carbocycles. The van der Waals surface area contributed by atoms with Crippen LogP contribution in [0.3, 0.4) is 0 Å². The molecule has 1 atom stereocenters. The van der Waals surface area contributed by atoms with Gasteiger partial charge >= 0.3 is 0 Å². The van der Waals surface area contributed by atoms with Crippen molar-refractivity contribution in [3.05, 3.63) is 46.9 Å². The summed E-state index contributed by atoms with van der Waals surface area (Å²) in [6.45, 7) is 0. The number of halogens is 1. The second-order valence-corrected chi connectivity index (χ2v) is 3.54. The number of ketones is 1. The molecule has 0 aliphatic heterocycles. The van der Waals surface area contributed by atoms with E-state index in [0.29, 0.717) is 0 Å². The summed E-state index contributed by atoms with van der Waals surface area (Å²) in [5, 5.41) is -0.417. The van der Waals surface area contributed by atoms with Crippen LogP contribution in [0.2, 0.25) is 5.02 Å². The van der Waals surface area contributed by atoms with E-state index in [2.05, 4.69) is 0 Å². The number of nitrogens with two attached hydrogens (primary N) is 1. The van der Waals surface area contributed by atoms with Crippen LogP contribution in [0, 0.1) is 0 Å². The Kier molecular flexibility index (Phi) is 1.22. The fourth-order valence-electron chi connectivity index (χ4n) is 1.34. The maximum absolute atomic E-state index is 12.2. The van der Waals surface area contributed by atoms with Gasteiger partial charge in [0.2, 0.25) is 0 Å². The number of hydrogen-bond donors (Lipinski definition) is 1. The topological polar surface area (TPSA) is 43.1 Å². The fourth-order valence-corrected chi connectivity index (χ4v) is 1.60. The van der Waals surface area contributed by atoms with Gasteiger partial charge in [-0.1, -0.05) is 35.8 Å². The van der Waals surface area contributed by atoms with Crippen LogP contribution in [0.5, 0.6) is 0 Å². The molecule has 0 radical (unpaired) electrons. The minimum atomic E-state index is -2.21. The first-order valence-electron chi connectivity index (χ1n) is 7.72. The molecule has 1 aromatic rings. The Hall–Kier alpha value is -1.12.